The van der Waals surface area contributed by atoms with E-state index < -0.39 is 0 Å². The predicted molar refractivity (Wildman–Crippen MR) is 86.3 cm³/mol. The van der Waals surface area contributed by atoms with Crippen molar-refractivity contribution >= 4 is 11.0 Å². The first-order valence-corrected chi connectivity index (χ1v) is 7.95. The number of hydrogen-bond donors (Lipinski definition) is 1. The monoisotopic (exact) mass is 295 g/mol. The fourth-order valence-electron chi connectivity index (χ4n) is 3.37. The zero-order valence-electron chi connectivity index (χ0n) is 12.9. The van der Waals surface area contributed by atoms with Gasteiger partial charge in [-0.2, -0.15) is 0 Å². The molecule has 3 heterocycles. The molecule has 0 saturated carbocycles. The van der Waals surface area contributed by atoms with Crippen molar-refractivity contribution in [2.24, 2.45) is 7.05 Å². The number of aryl methyl sites for hydroxylation is 1. The minimum absolute atomic E-state index is 0.371. The third kappa shape index (κ3) is 2.41. The fraction of sp³-hybridized carbons (Fsp3) is 0.412. The van der Waals surface area contributed by atoms with Gasteiger partial charge in [0, 0.05) is 19.8 Å². The number of imidazole rings is 2. The van der Waals surface area contributed by atoms with Crippen molar-refractivity contribution in [1.82, 2.24) is 24.4 Å². The molecule has 22 heavy (non-hydrogen) atoms. The molecule has 2 aromatic heterocycles. The Morgan fingerprint density at radius 2 is 2.18 bits per heavy atom. The van der Waals surface area contributed by atoms with Crippen molar-refractivity contribution in [2.75, 3.05) is 6.54 Å². The lowest BCUT2D eigenvalue weighted by Crippen LogP contribution is -2.34. The number of likely N-dealkylation sites (tertiary alicyclic amines) is 1. The maximum atomic E-state index is 4.82. The van der Waals surface area contributed by atoms with Gasteiger partial charge in [0.05, 0.1) is 29.1 Å². The van der Waals surface area contributed by atoms with Crippen LogP contribution in [0.25, 0.3) is 11.0 Å². The summed E-state index contributed by atoms with van der Waals surface area (Å²) in [5, 5.41) is 0. The average Bonchev–Trinajstić information content (AvgIpc) is 3.14. The summed E-state index contributed by atoms with van der Waals surface area (Å²) in [5.41, 5.74) is 3.44. The molecule has 1 fully saturated rings. The zero-order valence-corrected chi connectivity index (χ0v) is 12.9. The first-order valence-electron chi connectivity index (χ1n) is 7.95. The molecule has 1 saturated heterocycles. The van der Waals surface area contributed by atoms with E-state index in [-0.39, 0.29) is 0 Å². The summed E-state index contributed by atoms with van der Waals surface area (Å²) < 4.78 is 2.10. The normalized spacial score (nSPS) is 19.8. The summed E-state index contributed by atoms with van der Waals surface area (Å²) in [4.78, 5) is 15.1. The van der Waals surface area contributed by atoms with E-state index in [1.165, 1.54) is 18.5 Å². The van der Waals surface area contributed by atoms with E-state index in [1.807, 2.05) is 18.6 Å². The van der Waals surface area contributed by atoms with E-state index in [4.69, 9.17) is 4.98 Å². The van der Waals surface area contributed by atoms with Crippen LogP contribution in [0.4, 0.5) is 0 Å². The van der Waals surface area contributed by atoms with E-state index in [9.17, 15) is 0 Å². The molecule has 0 aliphatic carbocycles. The Labute approximate surface area is 130 Å². The van der Waals surface area contributed by atoms with Crippen LogP contribution in [0.3, 0.4) is 0 Å². The van der Waals surface area contributed by atoms with Crippen LogP contribution < -0.4 is 0 Å². The molecule has 0 amide bonds. The minimum Gasteiger partial charge on any atom is -0.341 e. The van der Waals surface area contributed by atoms with Crippen LogP contribution in [0.5, 0.6) is 0 Å². The number of rotatable bonds is 3. The van der Waals surface area contributed by atoms with Crippen LogP contribution in [0.15, 0.2) is 36.8 Å². The number of hydrogen-bond acceptors (Lipinski definition) is 3. The van der Waals surface area contributed by atoms with Gasteiger partial charge in [0.2, 0.25) is 0 Å². The summed E-state index contributed by atoms with van der Waals surface area (Å²) in [5.74, 6) is 1.10. The van der Waals surface area contributed by atoms with Crippen molar-refractivity contribution < 1.29 is 0 Å². The lowest BCUT2D eigenvalue weighted by atomic mass is 10.0. The highest BCUT2D eigenvalue weighted by molar-refractivity contribution is 5.74. The van der Waals surface area contributed by atoms with Crippen molar-refractivity contribution in [2.45, 2.75) is 31.8 Å². The molecule has 5 nitrogen and oxygen atoms in total. The highest BCUT2D eigenvalue weighted by atomic mass is 15.2. The Balaban J connectivity index is 1.63. The summed E-state index contributed by atoms with van der Waals surface area (Å²) in [6, 6.07) is 8.64. The number of nitrogens with one attached hydrogen (secondary N) is 1. The van der Waals surface area contributed by atoms with Crippen LogP contribution >= 0.6 is 0 Å². The van der Waals surface area contributed by atoms with Crippen LogP contribution in [-0.2, 0) is 13.6 Å². The van der Waals surface area contributed by atoms with Crippen LogP contribution in [0.1, 0.15) is 36.8 Å². The molecule has 1 unspecified atom stereocenters. The molecule has 0 radical (unpaired) electrons. The second-order valence-electron chi connectivity index (χ2n) is 6.12. The molecular formula is C17H21N5. The van der Waals surface area contributed by atoms with Gasteiger partial charge in [0.1, 0.15) is 5.82 Å². The van der Waals surface area contributed by atoms with Crippen molar-refractivity contribution in [1.29, 1.82) is 0 Å². The van der Waals surface area contributed by atoms with Crippen molar-refractivity contribution in [3.8, 4) is 0 Å². The van der Waals surface area contributed by atoms with Gasteiger partial charge in [0.25, 0.3) is 0 Å². The number of piperidine rings is 1. The van der Waals surface area contributed by atoms with Gasteiger partial charge >= 0.3 is 0 Å². The number of para-hydroxylation sites is 2. The molecule has 1 aliphatic heterocycles. The molecule has 114 valence electrons. The summed E-state index contributed by atoms with van der Waals surface area (Å²) in [6.45, 7) is 2.05. The number of benzene rings is 1. The Morgan fingerprint density at radius 1 is 1.27 bits per heavy atom. The number of aromatic nitrogens is 4. The average molecular weight is 295 g/mol. The van der Waals surface area contributed by atoms with Crippen molar-refractivity contribution in [3.05, 3.63) is 48.3 Å². The molecular weight excluding hydrogens is 274 g/mol. The number of aromatic amines is 1. The van der Waals surface area contributed by atoms with Crippen molar-refractivity contribution in [3.63, 3.8) is 0 Å². The van der Waals surface area contributed by atoms with Crippen LogP contribution in [-0.4, -0.2) is 31.0 Å². The lowest BCUT2D eigenvalue weighted by Gasteiger charge is -2.34. The number of H-pyrrole nitrogens is 1. The Hall–Kier alpha value is -2.14. The molecule has 0 spiro atoms. The third-order valence-electron chi connectivity index (χ3n) is 4.62. The predicted octanol–water partition coefficient (Wildman–Crippen LogP) is 3.02. The van der Waals surface area contributed by atoms with Gasteiger partial charge in [-0.25, -0.2) is 9.97 Å². The molecule has 0 bridgehead atoms. The molecule has 1 aromatic carbocycles. The van der Waals surface area contributed by atoms with E-state index in [0.717, 1.165) is 36.4 Å². The summed E-state index contributed by atoms with van der Waals surface area (Å²) in [6.07, 6.45) is 7.52. The molecule has 1 N–H and O–H groups in total. The topological polar surface area (TPSA) is 49.7 Å². The SMILES string of the molecule is Cn1cncc1CN1CCCCC1c1nc2ccccc2[nH]1. The van der Waals surface area contributed by atoms with E-state index in [1.54, 1.807) is 0 Å². The molecule has 1 atom stereocenters. The maximum Gasteiger partial charge on any atom is 0.124 e. The molecule has 4 rings (SSSR count). The maximum absolute atomic E-state index is 4.82. The van der Waals surface area contributed by atoms with E-state index >= 15 is 0 Å². The number of nitrogens with zero attached hydrogens (tertiary/aromatic N) is 4. The standard InChI is InChI=1S/C17H21N5/c1-21-12-18-10-13(21)11-22-9-5-4-8-16(22)17-19-14-6-2-3-7-15(14)20-17/h2-3,6-7,10,12,16H,4-5,8-9,11H2,1H3,(H,19,20). The quantitative estimate of drug-likeness (QED) is 0.808. The fourth-order valence-corrected chi connectivity index (χ4v) is 3.37. The first kappa shape index (κ1) is 13.5. The highest BCUT2D eigenvalue weighted by Crippen LogP contribution is 2.31. The molecule has 5 heteroatoms. The van der Waals surface area contributed by atoms with Crippen LogP contribution in [0, 0.1) is 0 Å². The van der Waals surface area contributed by atoms with Gasteiger partial charge in [-0.15, -0.1) is 0 Å². The van der Waals surface area contributed by atoms with Crippen LogP contribution in [0.2, 0.25) is 0 Å². The van der Waals surface area contributed by atoms with Gasteiger partial charge < -0.3 is 9.55 Å². The Morgan fingerprint density at radius 3 is 3.00 bits per heavy atom. The Kier molecular flexibility index (Phi) is 3.42. The highest BCUT2D eigenvalue weighted by Gasteiger charge is 2.27. The second-order valence-corrected chi connectivity index (χ2v) is 6.12. The van der Waals surface area contributed by atoms with Gasteiger partial charge in [-0.05, 0) is 31.5 Å². The first-order chi connectivity index (χ1) is 10.8. The van der Waals surface area contributed by atoms with E-state index in [0.29, 0.717) is 6.04 Å². The molecule has 3 aromatic rings. The lowest BCUT2D eigenvalue weighted by molar-refractivity contribution is 0.132. The van der Waals surface area contributed by atoms with E-state index in [2.05, 4.69) is 44.7 Å². The minimum atomic E-state index is 0.371. The second kappa shape index (κ2) is 5.57. The Bertz CT molecular complexity index is 739. The summed E-state index contributed by atoms with van der Waals surface area (Å²) >= 11 is 0. The van der Waals surface area contributed by atoms with Gasteiger partial charge in [0.15, 0.2) is 0 Å². The van der Waals surface area contributed by atoms with Gasteiger partial charge in [-0.1, -0.05) is 18.6 Å². The number of fused-ring (bicyclic) bond motifs is 1. The van der Waals surface area contributed by atoms with Gasteiger partial charge in [-0.3, -0.25) is 4.90 Å². The third-order valence-corrected chi connectivity index (χ3v) is 4.62. The zero-order chi connectivity index (χ0) is 14.9. The largest absolute Gasteiger partial charge is 0.341 e. The summed E-state index contributed by atoms with van der Waals surface area (Å²) in [7, 11) is 2.06. The molecule has 1 aliphatic rings. The smallest absolute Gasteiger partial charge is 0.124 e.